The monoisotopic (exact) mass is 378 g/mol. The summed E-state index contributed by atoms with van der Waals surface area (Å²) in [7, 11) is 1.79. The number of urea groups is 1. The Bertz CT molecular complexity index is 794. The highest BCUT2D eigenvalue weighted by Crippen LogP contribution is 2.43. The summed E-state index contributed by atoms with van der Waals surface area (Å²) in [5.41, 5.74) is -0.648. The summed E-state index contributed by atoms with van der Waals surface area (Å²) in [5.74, 6) is -0.247. The molecule has 1 N–H and O–H groups in total. The van der Waals surface area contributed by atoms with Crippen molar-refractivity contribution >= 4 is 29.2 Å². The van der Waals surface area contributed by atoms with Gasteiger partial charge in [0.15, 0.2) is 4.80 Å². The second kappa shape index (κ2) is 6.64. The number of rotatable bonds is 2. The Hall–Kier alpha value is -1.96. The molecule has 1 aromatic rings. The van der Waals surface area contributed by atoms with E-state index in [2.05, 4.69) is 31.1 Å². The number of imide groups is 1. The highest BCUT2D eigenvalue weighted by atomic mass is 32.1. The Morgan fingerprint density at radius 1 is 1.35 bits per heavy atom. The second-order valence-corrected chi connectivity index (χ2v) is 9.22. The van der Waals surface area contributed by atoms with Crippen LogP contribution in [0.2, 0.25) is 0 Å². The van der Waals surface area contributed by atoms with E-state index < -0.39 is 17.5 Å². The van der Waals surface area contributed by atoms with E-state index in [9.17, 15) is 14.4 Å². The van der Waals surface area contributed by atoms with Crippen LogP contribution in [0.15, 0.2) is 16.6 Å². The third kappa shape index (κ3) is 3.47. The first-order chi connectivity index (χ1) is 12.1. The minimum absolute atomic E-state index is 0.192. The summed E-state index contributed by atoms with van der Waals surface area (Å²) < 4.78 is 1.73. The first-order valence-corrected chi connectivity index (χ1v) is 9.82. The van der Waals surface area contributed by atoms with Crippen LogP contribution >= 0.6 is 11.3 Å². The van der Waals surface area contributed by atoms with Crippen LogP contribution in [0.25, 0.3) is 0 Å². The number of hydrogen-bond donors (Lipinski definition) is 1. The Labute approximate surface area is 157 Å². The summed E-state index contributed by atoms with van der Waals surface area (Å²) in [4.78, 5) is 43.0. The van der Waals surface area contributed by atoms with Gasteiger partial charge in [-0.15, -0.1) is 11.3 Å². The molecule has 8 heteroatoms. The van der Waals surface area contributed by atoms with Crippen molar-refractivity contribution in [3.05, 3.63) is 16.4 Å². The third-order valence-electron chi connectivity index (χ3n) is 5.58. The van der Waals surface area contributed by atoms with Crippen molar-refractivity contribution in [2.45, 2.75) is 52.0 Å². The van der Waals surface area contributed by atoms with Crippen molar-refractivity contribution in [3.63, 3.8) is 0 Å². The summed E-state index contributed by atoms with van der Waals surface area (Å²) >= 11 is 1.33. The molecule has 7 nitrogen and oxygen atoms in total. The van der Waals surface area contributed by atoms with Crippen LogP contribution < -0.4 is 10.1 Å². The number of carbonyl (C=O) groups excluding carboxylic acids is 3. The van der Waals surface area contributed by atoms with Gasteiger partial charge in [-0.25, -0.2) is 4.79 Å². The van der Waals surface area contributed by atoms with E-state index in [4.69, 9.17) is 0 Å². The average Bonchev–Trinajstić information content (AvgIpc) is 3.04. The van der Waals surface area contributed by atoms with Crippen LogP contribution in [-0.2, 0) is 16.6 Å². The highest BCUT2D eigenvalue weighted by molar-refractivity contribution is 7.07. The number of amides is 4. The molecule has 0 atom stereocenters. The van der Waals surface area contributed by atoms with E-state index in [0.717, 1.165) is 17.7 Å². The number of nitrogens with zero attached hydrogens (tertiary/aromatic N) is 3. The van der Waals surface area contributed by atoms with Crippen molar-refractivity contribution in [2.24, 2.45) is 23.4 Å². The number of nitrogens with one attached hydrogen (secondary N) is 1. The van der Waals surface area contributed by atoms with Crippen LogP contribution in [0.1, 0.15) is 46.5 Å². The fourth-order valence-corrected chi connectivity index (χ4v) is 4.59. The van der Waals surface area contributed by atoms with Crippen molar-refractivity contribution in [1.82, 2.24) is 14.8 Å². The van der Waals surface area contributed by atoms with Gasteiger partial charge < -0.3 is 9.88 Å². The molecule has 0 radical (unpaired) electrons. The second-order valence-electron chi connectivity index (χ2n) is 8.35. The van der Waals surface area contributed by atoms with Gasteiger partial charge in [-0.1, -0.05) is 20.8 Å². The molecule has 3 rings (SSSR count). The predicted octanol–water partition coefficient (Wildman–Crippen LogP) is 2.04. The smallest absolute Gasteiger partial charge is 0.325 e. The lowest BCUT2D eigenvalue weighted by atomic mass is 9.67. The van der Waals surface area contributed by atoms with Gasteiger partial charge in [0, 0.05) is 18.6 Å². The molecule has 1 aliphatic heterocycles. The molecule has 1 aromatic heterocycles. The Balaban J connectivity index is 1.70. The lowest BCUT2D eigenvalue weighted by Crippen LogP contribution is -2.50. The highest BCUT2D eigenvalue weighted by Gasteiger charge is 2.53. The molecular weight excluding hydrogens is 352 g/mol. The number of thiazole rings is 1. The van der Waals surface area contributed by atoms with Crippen molar-refractivity contribution < 1.29 is 14.4 Å². The summed E-state index contributed by atoms with van der Waals surface area (Å²) in [6, 6.07) is -0.483. The van der Waals surface area contributed by atoms with Gasteiger partial charge in [-0.05, 0) is 37.0 Å². The first kappa shape index (κ1) is 18.8. The van der Waals surface area contributed by atoms with Gasteiger partial charge >= 0.3 is 6.03 Å². The SMILES string of the molecule is Cn1ccsc1=NC(=O)CN1C(=O)NC2(CCC(C(C)(C)C)CC2)C1=O. The average molecular weight is 378 g/mol. The van der Waals surface area contributed by atoms with Gasteiger partial charge in [0.25, 0.3) is 11.8 Å². The van der Waals surface area contributed by atoms with Crippen LogP contribution in [0, 0.1) is 11.3 Å². The van der Waals surface area contributed by atoms with E-state index in [1.807, 2.05) is 5.38 Å². The first-order valence-electron chi connectivity index (χ1n) is 8.94. The molecule has 1 saturated heterocycles. The van der Waals surface area contributed by atoms with Crippen LogP contribution in [-0.4, -0.2) is 39.4 Å². The molecule has 2 aliphatic rings. The maximum Gasteiger partial charge on any atom is 0.325 e. The Morgan fingerprint density at radius 2 is 2.00 bits per heavy atom. The third-order valence-corrected chi connectivity index (χ3v) is 6.43. The molecule has 0 bridgehead atoms. The standard InChI is InChI=1S/C18H26N4O3S/c1-17(2,3)12-5-7-18(8-6-12)14(24)22(15(25)20-18)11-13(23)19-16-21(4)9-10-26-16/h9-10,12H,5-8,11H2,1-4H3,(H,20,25). The van der Waals surface area contributed by atoms with Crippen LogP contribution in [0.5, 0.6) is 0 Å². The zero-order chi connectivity index (χ0) is 19.1. The van der Waals surface area contributed by atoms with Crippen molar-refractivity contribution in [3.8, 4) is 0 Å². The zero-order valence-electron chi connectivity index (χ0n) is 15.7. The number of hydrogen-bond acceptors (Lipinski definition) is 4. The maximum atomic E-state index is 12.9. The summed E-state index contributed by atoms with van der Waals surface area (Å²) in [6.45, 7) is 6.32. The lowest BCUT2D eigenvalue weighted by Gasteiger charge is -2.40. The predicted molar refractivity (Wildman–Crippen MR) is 98.2 cm³/mol. The fourth-order valence-electron chi connectivity index (χ4n) is 3.85. The van der Waals surface area contributed by atoms with E-state index in [1.54, 1.807) is 17.8 Å². The van der Waals surface area contributed by atoms with E-state index in [1.165, 1.54) is 11.3 Å². The molecule has 4 amide bonds. The number of aromatic nitrogens is 1. The molecule has 2 heterocycles. The van der Waals surface area contributed by atoms with Crippen LogP contribution in [0.4, 0.5) is 4.79 Å². The molecule has 26 heavy (non-hydrogen) atoms. The minimum Gasteiger partial charge on any atom is -0.327 e. The van der Waals surface area contributed by atoms with Gasteiger partial charge in [0.2, 0.25) is 0 Å². The van der Waals surface area contributed by atoms with Crippen molar-refractivity contribution in [2.75, 3.05) is 6.54 Å². The molecule has 2 fully saturated rings. The minimum atomic E-state index is -0.841. The zero-order valence-corrected chi connectivity index (χ0v) is 16.6. The van der Waals surface area contributed by atoms with Gasteiger partial charge in [-0.3, -0.25) is 14.5 Å². The normalized spacial score (nSPS) is 27.3. The number of carbonyl (C=O) groups is 3. The van der Waals surface area contributed by atoms with E-state index in [0.29, 0.717) is 23.6 Å². The topological polar surface area (TPSA) is 83.8 Å². The molecular formula is C18H26N4O3S. The van der Waals surface area contributed by atoms with Gasteiger partial charge in [0.1, 0.15) is 12.1 Å². The molecule has 1 aliphatic carbocycles. The molecule has 0 aromatic carbocycles. The van der Waals surface area contributed by atoms with E-state index >= 15 is 0 Å². The largest absolute Gasteiger partial charge is 0.327 e. The molecule has 0 unspecified atom stereocenters. The fraction of sp³-hybridized carbons (Fsp3) is 0.667. The maximum absolute atomic E-state index is 12.9. The number of aryl methyl sites for hydroxylation is 1. The molecule has 1 saturated carbocycles. The van der Waals surface area contributed by atoms with E-state index in [-0.39, 0.29) is 17.9 Å². The summed E-state index contributed by atoms with van der Waals surface area (Å²) in [5, 5.41) is 4.68. The Kier molecular flexibility index (Phi) is 4.81. The Morgan fingerprint density at radius 3 is 2.54 bits per heavy atom. The molecule has 1 spiro atoms. The van der Waals surface area contributed by atoms with Gasteiger partial charge in [-0.2, -0.15) is 4.99 Å². The lowest BCUT2D eigenvalue weighted by molar-refractivity contribution is -0.135. The quantitative estimate of drug-likeness (QED) is 0.800. The summed E-state index contributed by atoms with van der Waals surface area (Å²) in [6.07, 6.45) is 4.84. The van der Waals surface area contributed by atoms with Crippen molar-refractivity contribution in [1.29, 1.82) is 0 Å². The van der Waals surface area contributed by atoms with Gasteiger partial charge in [0.05, 0.1) is 0 Å². The van der Waals surface area contributed by atoms with Crippen LogP contribution in [0.3, 0.4) is 0 Å². The molecule has 142 valence electrons.